The Morgan fingerprint density at radius 2 is 2.35 bits per heavy atom. The summed E-state index contributed by atoms with van der Waals surface area (Å²) in [5.74, 6) is -0.0556. The second-order valence-corrected chi connectivity index (χ2v) is 4.02. The lowest BCUT2D eigenvalue weighted by atomic mass is 10.2. The molecule has 1 N–H and O–H groups in total. The van der Waals surface area contributed by atoms with Gasteiger partial charge >= 0.3 is 5.76 Å². The first-order chi connectivity index (χ1) is 8.33. The van der Waals surface area contributed by atoms with Crippen molar-refractivity contribution in [2.75, 3.05) is 18.0 Å². The Morgan fingerprint density at radius 3 is 3.06 bits per heavy atom. The molecule has 5 heteroatoms. The van der Waals surface area contributed by atoms with Gasteiger partial charge in [0, 0.05) is 24.3 Å². The van der Waals surface area contributed by atoms with Crippen LogP contribution in [0, 0.1) is 6.42 Å². The third-order valence-electron chi connectivity index (χ3n) is 2.88. The van der Waals surface area contributed by atoms with E-state index in [-0.39, 0.29) is 0 Å². The van der Waals surface area contributed by atoms with Gasteiger partial charge in [0.1, 0.15) is 0 Å². The molecule has 0 bridgehead atoms. The maximum Gasteiger partial charge on any atom is 0.439 e. The zero-order chi connectivity index (χ0) is 11.7. The molecule has 87 valence electrons. The molecular formula is C12H12N3O2. The molecule has 17 heavy (non-hydrogen) atoms. The number of nitrogens with one attached hydrogen (secondary N) is 1. The van der Waals surface area contributed by atoms with Gasteiger partial charge in [0.15, 0.2) is 5.82 Å². The molecule has 0 unspecified atom stereocenters. The summed E-state index contributed by atoms with van der Waals surface area (Å²) < 4.78 is 4.50. The summed E-state index contributed by atoms with van der Waals surface area (Å²) in [5, 5.41) is 3.68. The van der Waals surface area contributed by atoms with Crippen LogP contribution in [0.5, 0.6) is 0 Å². The third kappa shape index (κ3) is 1.95. The van der Waals surface area contributed by atoms with Gasteiger partial charge in [-0.1, -0.05) is 17.3 Å². The minimum absolute atomic E-state index is 0.472. The van der Waals surface area contributed by atoms with E-state index >= 15 is 0 Å². The Balaban J connectivity index is 1.95. The van der Waals surface area contributed by atoms with Gasteiger partial charge in [-0.15, -0.1) is 0 Å². The lowest BCUT2D eigenvalue weighted by Gasteiger charge is -2.17. The number of anilines is 1. The van der Waals surface area contributed by atoms with Gasteiger partial charge in [-0.2, -0.15) is 0 Å². The first kappa shape index (κ1) is 10.1. The molecule has 1 saturated heterocycles. The maximum atomic E-state index is 10.9. The molecule has 0 saturated carbocycles. The number of H-pyrrole nitrogens is 1. The van der Waals surface area contributed by atoms with Crippen LogP contribution in [0.3, 0.4) is 0 Å². The molecule has 1 aromatic heterocycles. The predicted molar refractivity (Wildman–Crippen MR) is 63.7 cm³/mol. The van der Waals surface area contributed by atoms with Crippen LogP contribution in [-0.4, -0.2) is 23.2 Å². The molecule has 1 fully saturated rings. The highest BCUT2D eigenvalue weighted by Gasteiger charge is 2.13. The Hall–Kier alpha value is -2.04. The fourth-order valence-corrected chi connectivity index (χ4v) is 2.02. The lowest BCUT2D eigenvalue weighted by Crippen LogP contribution is -2.17. The Labute approximate surface area is 98.0 Å². The van der Waals surface area contributed by atoms with Gasteiger partial charge in [0.25, 0.3) is 0 Å². The van der Waals surface area contributed by atoms with Crippen molar-refractivity contribution < 1.29 is 4.52 Å². The molecule has 0 atom stereocenters. The van der Waals surface area contributed by atoms with Gasteiger partial charge in [0.2, 0.25) is 0 Å². The molecule has 1 radical (unpaired) electrons. The van der Waals surface area contributed by atoms with E-state index in [1.165, 1.54) is 0 Å². The number of benzene rings is 1. The quantitative estimate of drug-likeness (QED) is 0.848. The van der Waals surface area contributed by atoms with E-state index in [9.17, 15) is 4.79 Å². The SMILES string of the molecule is O=c1[nH]c(-c2cccc(N3C[CH]CC3)c2)no1. The van der Waals surface area contributed by atoms with E-state index < -0.39 is 5.76 Å². The van der Waals surface area contributed by atoms with Crippen LogP contribution in [0.15, 0.2) is 33.6 Å². The van der Waals surface area contributed by atoms with Gasteiger partial charge < -0.3 is 4.90 Å². The second-order valence-electron chi connectivity index (χ2n) is 4.02. The summed E-state index contributed by atoms with van der Waals surface area (Å²) in [6.07, 6.45) is 3.37. The van der Waals surface area contributed by atoms with Crippen LogP contribution in [0.4, 0.5) is 5.69 Å². The standard InChI is InChI=1S/C12H12N3O2/c16-12-13-11(14-17-12)9-4-3-5-10(8-9)15-6-1-2-7-15/h1,3-5,8H,2,6-7H2,(H,13,14,16). The van der Waals surface area contributed by atoms with Gasteiger partial charge in [-0.05, 0) is 25.0 Å². The number of hydrogen-bond donors (Lipinski definition) is 1. The van der Waals surface area contributed by atoms with Crippen LogP contribution in [0.2, 0.25) is 0 Å². The highest BCUT2D eigenvalue weighted by molar-refractivity contribution is 5.63. The average molecular weight is 230 g/mol. The Morgan fingerprint density at radius 1 is 1.41 bits per heavy atom. The van der Waals surface area contributed by atoms with E-state index in [4.69, 9.17) is 0 Å². The predicted octanol–water partition coefficient (Wildman–Crippen LogP) is 1.44. The largest absolute Gasteiger partial charge is 0.439 e. The molecule has 1 aromatic carbocycles. The van der Waals surface area contributed by atoms with Crippen molar-refractivity contribution >= 4 is 5.69 Å². The van der Waals surface area contributed by atoms with Crippen molar-refractivity contribution in [2.24, 2.45) is 0 Å². The first-order valence-corrected chi connectivity index (χ1v) is 5.56. The summed E-state index contributed by atoms with van der Waals surface area (Å²) >= 11 is 0. The van der Waals surface area contributed by atoms with E-state index in [1.54, 1.807) is 0 Å². The molecule has 0 amide bonds. The van der Waals surface area contributed by atoms with Gasteiger partial charge in [-0.3, -0.25) is 9.51 Å². The fourth-order valence-electron chi connectivity index (χ4n) is 2.02. The molecule has 2 heterocycles. The van der Waals surface area contributed by atoms with Crippen LogP contribution >= 0.6 is 0 Å². The summed E-state index contributed by atoms with van der Waals surface area (Å²) in [7, 11) is 0. The number of rotatable bonds is 2. The van der Waals surface area contributed by atoms with E-state index in [0.29, 0.717) is 5.82 Å². The molecule has 3 rings (SSSR count). The highest BCUT2D eigenvalue weighted by Crippen LogP contribution is 2.24. The van der Waals surface area contributed by atoms with Gasteiger partial charge in [0.05, 0.1) is 0 Å². The van der Waals surface area contributed by atoms with Crippen molar-refractivity contribution in [3.8, 4) is 11.4 Å². The van der Waals surface area contributed by atoms with Crippen molar-refractivity contribution in [3.63, 3.8) is 0 Å². The Bertz CT molecular complexity index is 567. The minimum Gasteiger partial charge on any atom is -0.371 e. The van der Waals surface area contributed by atoms with Crippen LogP contribution in [0.1, 0.15) is 6.42 Å². The topological polar surface area (TPSA) is 62.1 Å². The summed E-state index contributed by atoms with van der Waals surface area (Å²) in [5.41, 5.74) is 2.00. The van der Waals surface area contributed by atoms with Crippen LogP contribution in [-0.2, 0) is 0 Å². The molecular weight excluding hydrogens is 218 g/mol. The van der Waals surface area contributed by atoms with Crippen molar-refractivity contribution in [3.05, 3.63) is 41.2 Å². The molecule has 1 aliphatic rings. The zero-order valence-corrected chi connectivity index (χ0v) is 9.22. The van der Waals surface area contributed by atoms with Gasteiger partial charge in [-0.25, -0.2) is 4.79 Å². The summed E-state index contributed by atoms with van der Waals surface area (Å²) in [4.78, 5) is 15.7. The first-order valence-electron chi connectivity index (χ1n) is 5.56. The average Bonchev–Trinajstić information content (AvgIpc) is 3.00. The fraction of sp³-hybridized carbons (Fsp3) is 0.250. The monoisotopic (exact) mass is 230 g/mol. The van der Waals surface area contributed by atoms with E-state index in [2.05, 4.69) is 32.1 Å². The molecule has 2 aromatic rings. The molecule has 0 aliphatic carbocycles. The van der Waals surface area contributed by atoms with Crippen molar-refractivity contribution in [2.45, 2.75) is 6.42 Å². The molecule has 5 nitrogen and oxygen atoms in total. The maximum absolute atomic E-state index is 10.9. The molecule has 0 spiro atoms. The molecule has 1 aliphatic heterocycles. The Kier molecular flexibility index (Phi) is 2.44. The lowest BCUT2D eigenvalue weighted by molar-refractivity contribution is 0.388. The van der Waals surface area contributed by atoms with E-state index in [0.717, 1.165) is 30.8 Å². The van der Waals surface area contributed by atoms with Crippen molar-refractivity contribution in [1.29, 1.82) is 0 Å². The number of nitrogens with zero attached hydrogens (tertiary/aromatic N) is 2. The van der Waals surface area contributed by atoms with E-state index in [1.807, 2.05) is 18.2 Å². The second kappa shape index (κ2) is 4.08. The highest BCUT2D eigenvalue weighted by atomic mass is 16.5. The number of hydrogen-bond acceptors (Lipinski definition) is 4. The normalized spacial score (nSPS) is 15.4. The summed E-state index contributed by atoms with van der Waals surface area (Å²) in [6, 6.07) is 7.92. The third-order valence-corrected chi connectivity index (χ3v) is 2.88. The minimum atomic E-state index is -0.528. The van der Waals surface area contributed by atoms with Crippen molar-refractivity contribution in [1.82, 2.24) is 10.1 Å². The number of aromatic amines is 1. The summed E-state index contributed by atoms with van der Waals surface area (Å²) in [6.45, 7) is 2.01. The van der Waals surface area contributed by atoms with Crippen LogP contribution in [0.25, 0.3) is 11.4 Å². The number of aromatic nitrogens is 2. The van der Waals surface area contributed by atoms with Crippen LogP contribution < -0.4 is 10.7 Å². The zero-order valence-electron chi connectivity index (χ0n) is 9.22. The smallest absolute Gasteiger partial charge is 0.371 e.